The number of nitrogens with one attached hydrogen (secondary N) is 2. The molecule has 6 heteroatoms. The first kappa shape index (κ1) is 15.5. The van der Waals surface area contributed by atoms with Crippen molar-refractivity contribution >= 4 is 23.3 Å². The number of carbonyl (C=O) groups is 2. The number of fused-ring (bicyclic) bond motifs is 2. The molecule has 2 aliphatic heterocycles. The molecule has 2 aromatic rings. The van der Waals surface area contributed by atoms with Gasteiger partial charge in [-0.2, -0.15) is 0 Å². The Hall–Kier alpha value is -3.02. The summed E-state index contributed by atoms with van der Waals surface area (Å²) in [4.78, 5) is 25.9. The number of ether oxygens (including phenoxy) is 1. The highest BCUT2D eigenvalue weighted by Gasteiger charge is 2.25. The summed E-state index contributed by atoms with van der Waals surface area (Å²) >= 11 is 0. The molecule has 0 aromatic heterocycles. The molecule has 3 amide bonds. The molecule has 2 heterocycles. The number of anilines is 2. The average Bonchev–Trinajstić information content (AvgIpc) is 3.05. The summed E-state index contributed by atoms with van der Waals surface area (Å²) in [5, 5.41) is 5.82. The molecule has 1 atom stereocenters. The minimum Gasteiger partial charge on any atom is -0.482 e. The predicted octanol–water partition coefficient (Wildman–Crippen LogP) is 2.85. The lowest BCUT2D eigenvalue weighted by Crippen LogP contribution is -2.40. The summed E-state index contributed by atoms with van der Waals surface area (Å²) in [6.07, 6.45) is 0.875. The van der Waals surface area contributed by atoms with Gasteiger partial charge in [-0.05, 0) is 42.7 Å². The predicted molar refractivity (Wildman–Crippen MR) is 95.0 cm³/mol. The zero-order chi connectivity index (χ0) is 17.4. The number of urea groups is 1. The van der Waals surface area contributed by atoms with Crippen LogP contribution in [0.25, 0.3) is 0 Å². The molecule has 2 aromatic carbocycles. The Bertz CT molecular complexity index is 850. The molecule has 0 radical (unpaired) electrons. The number of carbonyl (C=O) groups excluding carboxylic acids is 2. The van der Waals surface area contributed by atoms with Crippen LogP contribution in [0, 0.1) is 0 Å². The minimum atomic E-state index is -0.190. The van der Waals surface area contributed by atoms with Gasteiger partial charge in [0.2, 0.25) is 0 Å². The van der Waals surface area contributed by atoms with Crippen molar-refractivity contribution in [1.82, 2.24) is 5.32 Å². The lowest BCUT2D eigenvalue weighted by atomic mass is 10.1. The van der Waals surface area contributed by atoms with Gasteiger partial charge in [-0.3, -0.25) is 9.69 Å². The molecule has 25 heavy (non-hydrogen) atoms. The third kappa shape index (κ3) is 2.91. The van der Waals surface area contributed by atoms with Gasteiger partial charge in [0.1, 0.15) is 5.75 Å². The minimum absolute atomic E-state index is 0.0347. The van der Waals surface area contributed by atoms with Gasteiger partial charge in [-0.25, -0.2) is 4.79 Å². The first-order valence-corrected chi connectivity index (χ1v) is 8.34. The average molecular weight is 337 g/mol. The Morgan fingerprint density at radius 3 is 3.00 bits per heavy atom. The lowest BCUT2D eigenvalue weighted by molar-refractivity contribution is -0.118. The van der Waals surface area contributed by atoms with Gasteiger partial charge in [0.05, 0.1) is 11.7 Å². The maximum Gasteiger partial charge on any atom is 0.322 e. The second kappa shape index (κ2) is 6.12. The fourth-order valence-corrected chi connectivity index (χ4v) is 3.27. The van der Waals surface area contributed by atoms with E-state index in [0.29, 0.717) is 18.0 Å². The van der Waals surface area contributed by atoms with Crippen molar-refractivity contribution in [3.05, 3.63) is 53.6 Å². The van der Waals surface area contributed by atoms with Crippen LogP contribution >= 0.6 is 0 Å². The molecule has 0 spiro atoms. The Balaban J connectivity index is 1.49. The van der Waals surface area contributed by atoms with E-state index in [9.17, 15) is 9.59 Å². The number of nitrogens with zero attached hydrogens (tertiary/aromatic N) is 1. The molecule has 0 saturated heterocycles. The van der Waals surface area contributed by atoms with Crippen LogP contribution in [0.4, 0.5) is 16.2 Å². The Morgan fingerprint density at radius 2 is 2.12 bits per heavy atom. The summed E-state index contributed by atoms with van der Waals surface area (Å²) in [6, 6.07) is 13.2. The first-order chi connectivity index (χ1) is 12.1. The molecular weight excluding hydrogens is 318 g/mol. The van der Waals surface area contributed by atoms with Gasteiger partial charge in [0.25, 0.3) is 5.91 Å². The third-order valence-corrected chi connectivity index (χ3v) is 4.61. The highest BCUT2D eigenvalue weighted by atomic mass is 16.5. The molecule has 0 fully saturated rings. The van der Waals surface area contributed by atoms with Crippen LogP contribution in [-0.4, -0.2) is 25.1 Å². The number of rotatable bonds is 2. The van der Waals surface area contributed by atoms with Crippen molar-refractivity contribution in [3.8, 4) is 5.75 Å². The maximum absolute atomic E-state index is 12.7. The van der Waals surface area contributed by atoms with E-state index in [4.69, 9.17) is 4.74 Å². The van der Waals surface area contributed by atoms with E-state index in [-0.39, 0.29) is 24.6 Å². The number of benzene rings is 2. The lowest BCUT2D eigenvalue weighted by Gasteiger charge is -2.23. The smallest absolute Gasteiger partial charge is 0.322 e. The number of hydrogen-bond acceptors (Lipinski definition) is 3. The van der Waals surface area contributed by atoms with Crippen LogP contribution < -0.4 is 20.3 Å². The molecule has 0 saturated carbocycles. The van der Waals surface area contributed by atoms with Gasteiger partial charge in [-0.1, -0.05) is 24.3 Å². The molecular formula is C19H19N3O3. The quantitative estimate of drug-likeness (QED) is 0.885. The molecule has 0 bridgehead atoms. The van der Waals surface area contributed by atoms with Crippen molar-refractivity contribution in [2.24, 2.45) is 0 Å². The summed E-state index contributed by atoms with van der Waals surface area (Å²) in [5.41, 5.74) is 3.71. The largest absolute Gasteiger partial charge is 0.482 e. The monoisotopic (exact) mass is 337 g/mol. The molecule has 1 unspecified atom stereocenters. The van der Waals surface area contributed by atoms with E-state index in [1.54, 1.807) is 4.90 Å². The van der Waals surface area contributed by atoms with Gasteiger partial charge >= 0.3 is 6.03 Å². The topological polar surface area (TPSA) is 70.7 Å². The summed E-state index contributed by atoms with van der Waals surface area (Å²) in [5.74, 6) is 0.477. The molecule has 0 aliphatic carbocycles. The fourth-order valence-electron chi connectivity index (χ4n) is 3.27. The van der Waals surface area contributed by atoms with Crippen molar-refractivity contribution in [2.75, 3.05) is 23.4 Å². The SMILES string of the molecule is CC(NC(=O)N1CCc2ccccc21)c1ccc2c(c1)NC(=O)CO2. The fraction of sp³-hybridized carbons (Fsp3) is 0.263. The van der Waals surface area contributed by atoms with Crippen LogP contribution in [0.15, 0.2) is 42.5 Å². The van der Waals surface area contributed by atoms with E-state index < -0.39 is 0 Å². The highest BCUT2D eigenvalue weighted by Crippen LogP contribution is 2.31. The van der Waals surface area contributed by atoms with Crippen molar-refractivity contribution in [2.45, 2.75) is 19.4 Å². The Kier molecular flexibility index (Phi) is 3.80. The Morgan fingerprint density at radius 1 is 1.28 bits per heavy atom. The third-order valence-electron chi connectivity index (χ3n) is 4.61. The van der Waals surface area contributed by atoms with Crippen LogP contribution in [0.5, 0.6) is 5.75 Å². The summed E-state index contributed by atoms with van der Waals surface area (Å²) in [7, 11) is 0. The molecule has 6 nitrogen and oxygen atoms in total. The van der Waals surface area contributed by atoms with Crippen LogP contribution in [0.2, 0.25) is 0 Å². The molecule has 2 aliphatic rings. The van der Waals surface area contributed by atoms with Crippen LogP contribution in [-0.2, 0) is 11.2 Å². The van der Waals surface area contributed by atoms with E-state index in [2.05, 4.69) is 16.7 Å². The van der Waals surface area contributed by atoms with Crippen molar-refractivity contribution in [1.29, 1.82) is 0 Å². The van der Waals surface area contributed by atoms with E-state index in [1.807, 2.05) is 43.3 Å². The summed E-state index contributed by atoms with van der Waals surface area (Å²) in [6.45, 7) is 2.64. The van der Waals surface area contributed by atoms with Gasteiger partial charge in [0, 0.05) is 12.2 Å². The Labute approximate surface area is 145 Å². The number of para-hydroxylation sites is 1. The molecule has 4 rings (SSSR count). The summed E-state index contributed by atoms with van der Waals surface area (Å²) < 4.78 is 5.36. The standard InChI is InChI=1S/C19H19N3O3/c1-12(14-6-7-17-15(10-14)21-18(23)11-25-17)20-19(24)22-9-8-13-4-2-3-5-16(13)22/h2-7,10,12H,8-9,11H2,1H3,(H,20,24)(H,21,23). The van der Waals surface area contributed by atoms with Gasteiger partial charge in [-0.15, -0.1) is 0 Å². The van der Waals surface area contributed by atoms with Crippen LogP contribution in [0.3, 0.4) is 0 Å². The van der Waals surface area contributed by atoms with Crippen molar-refractivity contribution in [3.63, 3.8) is 0 Å². The van der Waals surface area contributed by atoms with Gasteiger partial charge in [0.15, 0.2) is 6.61 Å². The van der Waals surface area contributed by atoms with E-state index in [1.165, 1.54) is 5.56 Å². The highest BCUT2D eigenvalue weighted by molar-refractivity contribution is 5.96. The molecule has 128 valence electrons. The first-order valence-electron chi connectivity index (χ1n) is 8.34. The number of amides is 3. The normalized spacial score (nSPS) is 16.4. The van der Waals surface area contributed by atoms with E-state index >= 15 is 0 Å². The second-order valence-corrected chi connectivity index (χ2v) is 6.29. The van der Waals surface area contributed by atoms with Crippen molar-refractivity contribution < 1.29 is 14.3 Å². The molecule has 2 N–H and O–H groups in total. The second-order valence-electron chi connectivity index (χ2n) is 6.29. The number of hydrogen-bond donors (Lipinski definition) is 2. The van der Waals surface area contributed by atoms with Gasteiger partial charge < -0.3 is 15.4 Å². The van der Waals surface area contributed by atoms with E-state index in [0.717, 1.165) is 17.7 Å². The zero-order valence-electron chi connectivity index (χ0n) is 13.9. The maximum atomic E-state index is 12.7. The zero-order valence-corrected chi connectivity index (χ0v) is 13.9. The van der Waals surface area contributed by atoms with Crippen LogP contribution in [0.1, 0.15) is 24.1 Å².